The molecule has 0 amide bonds. The highest BCUT2D eigenvalue weighted by molar-refractivity contribution is 14.0. The minimum absolute atomic E-state index is 0. The average molecular weight is 256 g/mol. The van der Waals surface area contributed by atoms with Gasteiger partial charge in [0.15, 0.2) is 0 Å². The van der Waals surface area contributed by atoms with Crippen molar-refractivity contribution in [2.75, 3.05) is 19.6 Å². The summed E-state index contributed by atoms with van der Waals surface area (Å²) in [5.74, 6) is 0.925. The zero-order valence-corrected chi connectivity index (χ0v) is 8.64. The van der Waals surface area contributed by atoms with Gasteiger partial charge in [0, 0.05) is 0 Å². The first-order valence-electron chi connectivity index (χ1n) is 3.84. The Morgan fingerprint density at radius 1 is 1.50 bits per heavy atom. The topological polar surface area (TPSA) is 38.0 Å². The van der Waals surface area contributed by atoms with Gasteiger partial charge in [-0.2, -0.15) is 0 Å². The fourth-order valence-corrected chi connectivity index (χ4v) is 1.37. The second-order valence-corrected chi connectivity index (χ2v) is 2.79. The van der Waals surface area contributed by atoms with Crippen LogP contribution in [-0.2, 0) is 0 Å². The third-order valence-corrected chi connectivity index (χ3v) is 1.98. The van der Waals surface area contributed by atoms with Crippen LogP contribution in [0.25, 0.3) is 0 Å². The van der Waals surface area contributed by atoms with Crippen LogP contribution in [0.2, 0.25) is 0 Å². The first-order valence-corrected chi connectivity index (χ1v) is 3.84. The molecule has 3 heteroatoms. The number of nitrogens with one attached hydrogen (secondary N) is 1. The average Bonchev–Trinajstić information content (AvgIpc) is 2.34. The Morgan fingerprint density at radius 2 is 2.30 bits per heavy atom. The van der Waals surface area contributed by atoms with Gasteiger partial charge in [-0.1, -0.05) is 0 Å². The summed E-state index contributed by atoms with van der Waals surface area (Å²) in [4.78, 5) is 0. The number of hydrogen-bond acceptors (Lipinski definition) is 2. The van der Waals surface area contributed by atoms with Gasteiger partial charge in [-0.15, -0.1) is 24.0 Å². The molecule has 62 valence electrons. The lowest BCUT2D eigenvalue weighted by atomic mass is 10.0. The fraction of sp³-hybridized carbons (Fsp3) is 1.00. The lowest BCUT2D eigenvalue weighted by molar-refractivity contribution is 0.514. The largest absolute Gasteiger partial charge is 0.330 e. The Hall–Kier alpha value is 0.650. The van der Waals surface area contributed by atoms with Crippen LogP contribution in [0.3, 0.4) is 0 Å². The molecule has 0 aromatic heterocycles. The Bertz CT molecular complexity index is 72.0. The van der Waals surface area contributed by atoms with Gasteiger partial charge >= 0.3 is 0 Å². The molecule has 0 spiro atoms. The highest BCUT2D eigenvalue weighted by Crippen LogP contribution is 2.12. The monoisotopic (exact) mass is 256 g/mol. The fourth-order valence-electron chi connectivity index (χ4n) is 1.37. The van der Waals surface area contributed by atoms with E-state index in [0.29, 0.717) is 0 Å². The Morgan fingerprint density at radius 3 is 2.80 bits per heavy atom. The number of hydrogen-bond donors (Lipinski definition) is 2. The SMILES string of the molecule is I.NCCCC1CCNC1. The second-order valence-electron chi connectivity index (χ2n) is 2.79. The Balaban J connectivity index is 0.000000810. The molecule has 1 fully saturated rings. The Kier molecular flexibility index (Phi) is 6.78. The predicted molar refractivity (Wildman–Crippen MR) is 54.7 cm³/mol. The molecule has 0 aliphatic carbocycles. The lowest BCUT2D eigenvalue weighted by Crippen LogP contribution is -2.10. The summed E-state index contributed by atoms with van der Waals surface area (Å²) in [5.41, 5.74) is 5.39. The molecule has 1 rings (SSSR count). The molecule has 0 aromatic carbocycles. The van der Waals surface area contributed by atoms with Crippen LogP contribution >= 0.6 is 24.0 Å². The zero-order valence-electron chi connectivity index (χ0n) is 6.31. The number of halogens is 1. The molecule has 1 atom stereocenters. The van der Waals surface area contributed by atoms with Crippen molar-refractivity contribution >= 4 is 24.0 Å². The molecule has 0 radical (unpaired) electrons. The standard InChI is InChI=1S/C7H16N2.HI/c8-4-1-2-7-3-5-9-6-7;/h7,9H,1-6,8H2;1H. The van der Waals surface area contributed by atoms with Crippen LogP contribution < -0.4 is 11.1 Å². The molecule has 1 saturated heterocycles. The third-order valence-electron chi connectivity index (χ3n) is 1.98. The van der Waals surface area contributed by atoms with E-state index < -0.39 is 0 Å². The number of rotatable bonds is 3. The van der Waals surface area contributed by atoms with Gasteiger partial charge in [0.05, 0.1) is 0 Å². The van der Waals surface area contributed by atoms with Crippen molar-refractivity contribution in [3.8, 4) is 0 Å². The van der Waals surface area contributed by atoms with Crippen molar-refractivity contribution in [1.82, 2.24) is 5.32 Å². The van der Waals surface area contributed by atoms with E-state index in [-0.39, 0.29) is 24.0 Å². The van der Waals surface area contributed by atoms with Crippen molar-refractivity contribution < 1.29 is 0 Å². The number of nitrogens with two attached hydrogens (primary N) is 1. The lowest BCUT2D eigenvalue weighted by Gasteiger charge is -2.04. The van der Waals surface area contributed by atoms with E-state index in [9.17, 15) is 0 Å². The van der Waals surface area contributed by atoms with Gasteiger partial charge in [0.2, 0.25) is 0 Å². The minimum Gasteiger partial charge on any atom is -0.330 e. The molecule has 10 heavy (non-hydrogen) atoms. The summed E-state index contributed by atoms with van der Waals surface area (Å²) >= 11 is 0. The quantitative estimate of drug-likeness (QED) is 0.738. The van der Waals surface area contributed by atoms with Crippen LogP contribution in [0.5, 0.6) is 0 Å². The molecule has 2 nitrogen and oxygen atoms in total. The van der Waals surface area contributed by atoms with Crippen molar-refractivity contribution in [3.63, 3.8) is 0 Å². The van der Waals surface area contributed by atoms with Crippen LogP contribution in [0.4, 0.5) is 0 Å². The summed E-state index contributed by atoms with van der Waals surface area (Å²) < 4.78 is 0. The van der Waals surface area contributed by atoms with Crippen LogP contribution in [0.15, 0.2) is 0 Å². The molecular formula is C7H17IN2. The molecule has 1 heterocycles. The first kappa shape index (κ1) is 10.7. The second kappa shape index (κ2) is 6.37. The first-order chi connectivity index (χ1) is 4.43. The van der Waals surface area contributed by atoms with Crippen LogP contribution in [-0.4, -0.2) is 19.6 Å². The smallest absolute Gasteiger partial charge is 0.00200 e. The van der Waals surface area contributed by atoms with Gasteiger partial charge in [-0.25, -0.2) is 0 Å². The van der Waals surface area contributed by atoms with Crippen molar-refractivity contribution in [2.45, 2.75) is 19.3 Å². The minimum atomic E-state index is 0. The van der Waals surface area contributed by atoms with E-state index in [4.69, 9.17) is 5.73 Å². The zero-order chi connectivity index (χ0) is 6.53. The molecule has 1 aliphatic heterocycles. The summed E-state index contributed by atoms with van der Waals surface area (Å²) in [5, 5.41) is 3.34. The molecule has 1 aliphatic rings. The summed E-state index contributed by atoms with van der Waals surface area (Å²) in [6.07, 6.45) is 3.88. The normalized spacial score (nSPS) is 24.3. The maximum absolute atomic E-state index is 5.39. The van der Waals surface area contributed by atoms with E-state index in [1.807, 2.05) is 0 Å². The van der Waals surface area contributed by atoms with Gasteiger partial charge < -0.3 is 11.1 Å². The highest BCUT2D eigenvalue weighted by Gasteiger charge is 2.12. The van der Waals surface area contributed by atoms with E-state index in [0.717, 1.165) is 12.5 Å². The predicted octanol–water partition coefficient (Wildman–Crippen LogP) is 0.953. The van der Waals surface area contributed by atoms with Gasteiger partial charge in [0.25, 0.3) is 0 Å². The van der Waals surface area contributed by atoms with Crippen LogP contribution in [0.1, 0.15) is 19.3 Å². The van der Waals surface area contributed by atoms with Crippen LogP contribution in [0, 0.1) is 5.92 Å². The Labute approximate surface area is 80.0 Å². The molecule has 1 unspecified atom stereocenters. The summed E-state index contributed by atoms with van der Waals surface area (Å²) in [6.45, 7) is 3.30. The molecule has 0 bridgehead atoms. The van der Waals surface area contributed by atoms with Gasteiger partial charge in [0.1, 0.15) is 0 Å². The van der Waals surface area contributed by atoms with E-state index in [1.165, 1.54) is 32.4 Å². The van der Waals surface area contributed by atoms with E-state index >= 15 is 0 Å². The molecular weight excluding hydrogens is 239 g/mol. The van der Waals surface area contributed by atoms with E-state index in [2.05, 4.69) is 5.32 Å². The van der Waals surface area contributed by atoms with E-state index in [1.54, 1.807) is 0 Å². The van der Waals surface area contributed by atoms with Crippen molar-refractivity contribution in [2.24, 2.45) is 11.7 Å². The van der Waals surface area contributed by atoms with Crippen molar-refractivity contribution in [1.29, 1.82) is 0 Å². The molecule has 0 aromatic rings. The maximum Gasteiger partial charge on any atom is -0.00200 e. The summed E-state index contributed by atoms with van der Waals surface area (Å²) in [6, 6.07) is 0. The molecule has 0 saturated carbocycles. The molecule has 3 N–H and O–H groups in total. The van der Waals surface area contributed by atoms with Crippen molar-refractivity contribution in [3.05, 3.63) is 0 Å². The third kappa shape index (κ3) is 3.73. The van der Waals surface area contributed by atoms with Gasteiger partial charge in [-0.3, -0.25) is 0 Å². The van der Waals surface area contributed by atoms with Gasteiger partial charge in [-0.05, 0) is 44.8 Å². The maximum atomic E-state index is 5.39. The summed E-state index contributed by atoms with van der Waals surface area (Å²) in [7, 11) is 0. The highest BCUT2D eigenvalue weighted by atomic mass is 127.